The van der Waals surface area contributed by atoms with Gasteiger partial charge in [0.25, 0.3) is 11.8 Å². The number of aryl methyl sites for hydroxylation is 1. The Labute approximate surface area is 197 Å². The van der Waals surface area contributed by atoms with E-state index in [1.54, 1.807) is 73.7 Å². The summed E-state index contributed by atoms with van der Waals surface area (Å²) >= 11 is 0. The van der Waals surface area contributed by atoms with Crippen LogP contribution in [0.2, 0.25) is 0 Å². The van der Waals surface area contributed by atoms with Crippen LogP contribution in [0.15, 0.2) is 77.5 Å². The molecule has 174 valence electrons. The van der Waals surface area contributed by atoms with Crippen molar-refractivity contribution in [1.82, 2.24) is 10.7 Å². The highest BCUT2D eigenvalue weighted by atomic mass is 16.5. The van der Waals surface area contributed by atoms with E-state index in [0.29, 0.717) is 33.8 Å². The number of hydrogen-bond donors (Lipinski definition) is 3. The second-order valence-corrected chi connectivity index (χ2v) is 7.20. The Kier molecular flexibility index (Phi) is 8.02. The average molecular weight is 460 g/mol. The number of benzene rings is 3. The van der Waals surface area contributed by atoms with Gasteiger partial charge >= 0.3 is 0 Å². The number of carbonyl (C=O) groups is 2. The first kappa shape index (κ1) is 24.1. The number of phenols is 1. The van der Waals surface area contributed by atoms with E-state index in [0.717, 1.165) is 0 Å². The number of amides is 2. The first-order valence-corrected chi connectivity index (χ1v) is 10.3. The molecule has 0 spiro atoms. The number of para-hydroxylation sites is 1. The lowest BCUT2D eigenvalue weighted by Gasteiger charge is -2.11. The van der Waals surface area contributed by atoms with Crippen LogP contribution in [0.5, 0.6) is 17.2 Å². The number of methoxy groups -OCH3 is 2. The number of hydrazone groups is 1. The Hall–Kier alpha value is -4.59. The van der Waals surface area contributed by atoms with Crippen LogP contribution >= 0.6 is 0 Å². The summed E-state index contributed by atoms with van der Waals surface area (Å²) in [7, 11) is 3.03. The molecule has 0 atom stereocenters. The molecule has 0 bridgehead atoms. The topological polar surface area (TPSA) is 109 Å². The number of ether oxygens (including phenoxy) is 2. The van der Waals surface area contributed by atoms with Gasteiger partial charge in [-0.3, -0.25) is 9.59 Å². The van der Waals surface area contributed by atoms with Gasteiger partial charge in [0.15, 0.2) is 11.5 Å². The summed E-state index contributed by atoms with van der Waals surface area (Å²) in [6.45, 7) is 1.76. The predicted octanol–water partition coefficient (Wildman–Crippen LogP) is 3.64. The van der Waals surface area contributed by atoms with Crippen LogP contribution in [-0.4, -0.2) is 37.4 Å². The Morgan fingerprint density at radius 2 is 1.68 bits per heavy atom. The molecule has 3 aromatic carbocycles. The van der Waals surface area contributed by atoms with Crippen molar-refractivity contribution in [3.05, 3.63) is 94.7 Å². The minimum absolute atomic E-state index is 0.0355. The summed E-state index contributed by atoms with van der Waals surface area (Å²) < 4.78 is 10.6. The van der Waals surface area contributed by atoms with Gasteiger partial charge in [-0.25, -0.2) is 5.43 Å². The summed E-state index contributed by atoms with van der Waals surface area (Å²) in [5, 5.41) is 16.7. The largest absolute Gasteiger partial charge is 0.507 e. The normalized spacial score (nSPS) is 11.2. The molecule has 0 saturated carbocycles. The number of nitrogens with one attached hydrogen (secondary N) is 2. The minimum Gasteiger partial charge on any atom is -0.507 e. The Balaban J connectivity index is 1.88. The van der Waals surface area contributed by atoms with Gasteiger partial charge in [-0.15, -0.1) is 0 Å². The molecule has 3 N–H and O–H groups in total. The zero-order valence-electron chi connectivity index (χ0n) is 19.0. The van der Waals surface area contributed by atoms with Gasteiger partial charge in [0.05, 0.1) is 20.4 Å². The second-order valence-electron chi connectivity index (χ2n) is 7.20. The molecule has 0 aromatic heterocycles. The number of phenolic OH excluding ortho intramolecular Hbond substituents is 1. The third-order valence-corrected chi connectivity index (χ3v) is 4.89. The molecule has 0 aliphatic carbocycles. The zero-order chi connectivity index (χ0) is 24.5. The Morgan fingerprint density at radius 1 is 0.941 bits per heavy atom. The Bertz CT molecular complexity index is 1240. The summed E-state index contributed by atoms with van der Waals surface area (Å²) in [4.78, 5) is 25.6. The third-order valence-electron chi connectivity index (χ3n) is 4.89. The minimum atomic E-state index is -0.651. The molecule has 0 unspecified atom stereocenters. The molecule has 2 amide bonds. The summed E-state index contributed by atoms with van der Waals surface area (Å²) in [6, 6.07) is 18.8. The lowest BCUT2D eigenvalue weighted by molar-refractivity contribution is -0.117. The maximum atomic E-state index is 12.9. The van der Waals surface area contributed by atoms with Crippen molar-refractivity contribution in [2.45, 2.75) is 6.92 Å². The molecular formula is C26H25N3O5. The van der Waals surface area contributed by atoms with Gasteiger partial charge in [-0.1, -0.05) is 36.4 Å². The number of nitrogens with zero attached hydrogens (tertiary/aromatic N) is 1. The molecule has 3 rings (SSSR count). The van der Waals surface area contributed by atoms with E-state index in [9.17, 15) is 14.7 Å². The standard InChI is InChI=1S/C26H25N3O5/c1-17-8-7-11-20(24(17)30)16-27-29-26(32)21(28-25(31)19-9-5-4-6-10-19)14-18-12-13-22(33-2)23(15-18)34-3/h4-16,30H,1-3H3,(H,28,31)(H,29,32)/b21-14+,27-16+. The van der Waals surface area contributed by atoms with E-state index in [-0.39, 0.29) is 11.4 Å². The van der Waals surface area contributed by atoms with E-state index < -0.39 is 11.8 Å². The molecular weight excluding hydrogens is 434 g/mol. The highest BCUT2D eigenvalue weighted by molar-refractivity contribution is 6.05. The lowest BCUT2D eigenvalue weighted by atomic mass is 10.1. The molecule has 8 heteroatoms. The zero-order valence-corrected chi connectivity index (χ0v) is 19.0. The van der Waals surface area contributed by atoms with Gasteiger partial charge in [0, 0.05) is 11.1 Å². The molecule has 0 fully saturated rings. The van der Waals surface area contributed by atoms with Crippen LogP contribution in [0.3, 0.4) is 0 Å². The summed E-state index contributed by atoms with van der Waals surface area (Å²) in [5.41, 5.74) is 4.46. The monoisotopic (exact) mass is 459 g/mol. The van der Waals surface area contributed by atoms with Crippen LogP contribution in [0.25, 0.3) is 6.08 Å². The van der Waals surface area contributed by atoms with Crippen molar-refractivity contribution in [2.24, 2.45) is 5.10 Å². The highest BCUT2D eigenvalue weighted by Gasteiger charge is 2.15. The van der Waals surface area contributed by atoms with Gasteiger partial charge in [-0.05, 0) is 54.5 Å². The molecule has 0 heterocycles. The fourth-order valence-electron chi connectivity index (χ4n) is 3.06. The smallest absolute Gasteiger partial charge is 0.287 e. The van der Waals surface area contributed by atoms with Crippen molar-refractivity contribution in [1.29, 1.82) is 0 Å². The molecule has 34 heavy (non-hydrogen) atoms. The maximum Gasteiger partial charge on any atom is 0.287 e. The SMILES string of the molecule is COc1ccc(/C=C(/NC(=O)c2ccccc2)C(=O)N/N=C/c2cccc(C)c2O)cc1OC. The molecule has 0 aliphatic rings. The van der Waals surface area contributed by atoms with Crippen LogP contribution in [0.1, 0.15) is 27.0 Å². The predicted molar refractivity (Wildman–Crippen MR) is 130 cm³/mol. The van der Waals surface area contributed by atoms with Crippen molar-refractivity contribution < 1.29 is 24.2 Å². The van der Waals surface area contributed by atoms with Crippen molar-refractivity contribution in [2.75, 3.05) is 14.2 Å². The number of rotatable bonds is 8. The van der Waals surface area contributed by atoms with E-state index in [2.05, 4.69) is 15.8 Å². The van der Waals surface area contributed by atoms with Gasteiger partial charge in [0.2, 0.25) is 0 Å². The van der Waals surface area contributed by atoms with Crippen LogP contribution in [0, 0.1) is 6.92 Å². The fraction of sp³-hybridized carbons (Fsp3) is 0.115. The molecule has 0 saturated heterocycles. The first-order chi connectivity index (χ1) is 16.4. The lowest BCUT2D eigenvalue weighted by Crippen LogP contribution is -2.32. The molecule has 0 aliphatic heterocycles. The number of hydrogen-bond acceptors (Lipinski definition) is 6. The number of carbonyl (C=O) groups excluding carboxylic acids is 2. The summed E-state index contributed by atoms with van der Waals surface area (Å²) in [6.07, 6.45) is 2.82. The van der Waals surface area contributed by atoms with Crippen LogP contribution in [-0.2, 0) is 4.79 Å². The molecule has 0 radical (unpaired) electrons. The van der Waals surface area contributed by atoms with E-state index in [1.807, 2.05) is 0 Å². The van der Waals surface area contributed by atoms with Gasteiger partial charge in [0.1, 0.15) is 11.4 Å². The third kappa shape index (κ3) is 6.01. The van der Waals surface area contributed by atoms with E-state index >= 15 is 0 Å². The van der Waals surface area contributed by atoms with Gasteiger partial charge < -0.3 is 19.9 Å². The fourth-order valence-corrected chi connectivity index (χ4v) is 3.06. The average Bonchev–Trinajstić information content (AvgIpc) is 2.86. The first-order valence-electron chi connectivity index (χ1n) is 10.3. The second kappa shape index (κ2) is 11.3. The van der Waals surface area contributed by atoms with Crippen LogP contribution < -0.4 is 20.2 Å². The van der Waals surface area contributed by atoms with Gasteiger partial charge in [-0.2, -0.15) is 5.10 Å². The van der Waals surface area contributed by atoms with Crippen molar-refractivity contribution >= 4 is 24.1 Å². The van der Waals surface area contributed by atoms with Crippen LogP contribution in [0.4, 0.5) is 0 Å². The maximum absolute atomic E-state index is 12.9. The quantitative estimate of drug-likeness (QED) is 0.271. The van der Waals surface area contributed by atoms with Crippen molar-refractivity contribution in [3.63, 3.8) is 0 Å². The Morgan fingerprint density at radius 3 is 2.38 bits per heavy atom. The van der Waals surface area contributed by atoms with E-state index in [1.165, 1.54) is 26.5 Å². The summed E-state index contributed by atoms with van der Waals surface area (Å²) in [5.74, 6) is -0.0379. The highest BCUT2D eigenvalue weighted by Crippen LogP contribution is 2.28. The molecule has 8 nitrogen and oxygen atoms in total. The van der Waals surface area contributed by atoms with Crippen molar-refractivity contribution in [3.8, 4) is 17.2 Å². The molecule has 3 aromatic rings. The number of aromatic hydroxyl groups is 1. The van der Waals surface area contributed by atoms with E-state index in [4.69, 9.17) is 9.47 Å².